The Balaban J connectivity index is 0.00000122. The Morgan fingerprint density at radius 3 is 2.47 bits per heavy atom. The van der Waals surface area contributed by atoms with Crippen LogP contribution in [0.1, 0.15) is 59.2 Å². The number of hydrogen-bond acceptors (Lipinski definition) is 0. The number of aromatic nitrogens is 1. The first-order valence-corrected chi connectivity index (χ1v) is 15.1. The van der Waals surface area contributed by atoms with Crippen LogP contribution < -0.4 is 34.0 Å². The van der Waals surface area contributed by atoms with Crippen LogP contribution in [0.5, 0.6) is 0 Å². The quantitative estimate of drug-likeness (QED) is 0.361. The van der Waals surface area contributed by atoms with E-state index in [1.807, 2.05) is 3.33 Å². The maximum absolute atomic E-state index is 2.70. The molecule has 162 valence electrons. The molecule has 1 heterocycles. The van der Waals surface area contributed by atoms with E-state index in [-0.39, 0.29) is 34.0 Å². The largest absolute Gasteiger partial charge is 1.00 e. The molecule has 0 aliphatic heterocycles. The third kappa shape index (κ3) is 3.84. The van der Waals surface area contributed by atoms with Gasteiger partial charge in [0.25, 0.3) is 0 Å². The normalized spacial score (nSPS) is 18.9. The standard InChI is InChI=1S/C21H18N.C7H9.2BrH.Hf/c1-2-8-16-14-17(13-15(16)7-1)22-20-11-5-3-9-18(20)19-10-4-6-12-21(19)22;1-6-4-3-5-7(6)2;;;/h1-3,5,7-9,11,13-14H,4,6,10,12H2;4H,3H2,1-2H3;2*1H;/q;;;;+2/p-2. The van der Waals surface area contributed by atoms with Crippen LogP contribution in [-0.2, 0) is 35.7 Å². The van der Waals surface area contributed by atoms with Crippen molar-refractivity contribution in [3.05, 3.63) is 91.5 Å². The summed E-state index contributed by atoms with van der Waals surface area (Å²) in [6.07, 6.45) is 11.3. The summed E-state index contributed by atoms with van der Waals surface area (Å²) in [4.78, 5) is 0. The molecule has 6 rings (SSSR count). The fraction of sp³-hybridized carbons (Fsp3) is 0.286. The van der Waals surface area contributed by atoms with E-state index in [0.717, 1.165) is 0 Å². The maximum Gasteiger partial charge on any atom is -1.00 e. The molecule has 0 spiro atoms. The molecule has 2 aromatic carbocycles. The zero-order valence-electron chi connectivity index (χ0n) is 18.6. The fourth-order valence-corrected chi connectivity index (χ4v) is 11.9. The molecule has 0 bridgehead atoms. The molecule has 1 atom stereocenters. The van der Waals surface area contributed by atoms with Gasteiger partial charge in [-0.2, -0.15) is 0 Å². The van der Waals surface area contributed by atoms with Gasteiger partial charge in [0.05, 0.1) is 0 Å². The number of halogens is 2. The van der Waals surface area contributed by atoms with Gasteiger partial charge in [-0.3, -0.25) is 0 Å². The van der Waals surface area contributed by atoms with Gasteiger partial charge in [-0.05, 0) is 0 Å². The van der Waals surface area contributed by atoms with E-state index in [1.54, 1.807) is 28.1 Å². The van der Waals surface area contributed by atoms with Crippen LogP contribution in [0.4, 0.5) is 0 Å². The molecule has 3 aliphatic rings. The zero-order chi connectivity index (χ0) is 20.2. The first-order valence-electron chi connectivity index (χ1n) is 11.3. The summed E-state index contributed by atoms with van der Waals surface area (Å²) in [5.41, 5.74) is 12.4. The van der Waals surface area contributed by atoms with Crippen molar-refractivity contribution in [3.63, 3.8) is 0 Å². The third-order valence-corrected chi connectivity index (χ3v) is 13.9. The second kappa shape index (κ2) is 9.72. The summed E-state index contributed by atoms with van der Waals surface area (Å²) < 4.78 is 5.14. The predicted octanol–water partition coefficient (Wildman–Crippen LogP) is 1.29. The van der Waals surface area contributed by atoms with Crippen LogP contribution in [0.2, 0.25) is 0 Å². The monoisotopic (exact) mass is 715 g/mol. The molecule has 1 nitrogen and oxygen atoms in total. The van der Waals surface area contributed by atoms with E-state index >= 15 is 0 Å². The molecule has 3 aliphatic carbocycles. The molecule has 0 amide bonds. The van der Waals surface area contributed by atoms with E-state index in [1.165, 1.54) is 54.1 Å². The van der Waals surface area contributed by atoms with E-state index in [2.05, 4.69) is 79.1 Å². The summed E-state index contributed by atoms with van der Waals surface area (Å²) in [7, 11) is 0. The van der Waals surface area contributed by atoms with E-state index in [9.17, 15) is 0 Å². The van der Waals surface area contributed by atoms with Gasteiger partial charge in [0.1, 0.15) is 0 Å². The summed E-state index contributed by atoms with van der Waals surface area (Å²) in [6, 6.07) is 18.3. The molecule has 1 aromatic heterocycles. The average Bonchev–Trinajstić information content (AvgIpc) is 3.41. The Bertz CT molecular complexity index is 1280. The molecular weight excluding hydrogens is 689 g/mol. The Labute approximate surface area is 223 Å². The molecule has 0 N–H and O–H groups in total. The fourth-order valence-electron chi connectivity index (χ4n) is 5.58. The van der Waals surface area contributed by atoms with Gasteiger partial charge in [-0.1, -0.05) is 0 Å². The maximum atomic E-state index is 2.70. The van der Waals surface area contributed by atoms with Crippen molar-refractivity contribution in [2.45, 2.75) is 49.6 Å². The van der Waals surface area contributed by atoms with Crippen LogP contribution in [0.3, 0.4) is 0 Å². The Morgan fingerprint density at radius 1 is 0.906 bits per heavy atom. The van der Waals surface area contributed by atoms with Gasteiger partial charge >= 0.3 is 191 Å². The average molecular weight is 716 g/mol. The summed E-state index contributed by atoms with van der Waals surface area (Å²) in [6.45, 7) is 4.65. The number of aryl methyl sites for hydroxylation is 1. The van der Waals surface area contributed by atoms with Gasteiger partial charge in [-0.25, -0.2) is 0 Å². The number of fused-ring (bicyclic) bond motifs is 4. The van der Waals surface area contributed by atoms with Gasteiger partial charge in [-0.15, -0.1) is 0 Å². The van der Waals surface area contributed by atoms with Crippen LogP contribution in [-0.4, -0.2) is 4.57 Å². The Kier molecular flexibility index (Phi) is 7.34. The minimum atomic E-state index is -1.08. The first kappa shape index (κ1) is 24.2. The molecule has 4 heteroatoms. The van der Waals surface area contributed by atoms with Crippen molar-refractivity contribution in [1.82, 2.24) is 4.57 Å². The van der Waals surface area contributed by atoms with Crippen molar-refractivity contribution >= 4 is 22.7 Å². The molecule has 0 radical (unpaired) electrons. The van der Waals surface area contributed by atoms with Gasteiger partial charge < -0.3 is 34.0 Å². The molecule has 3 aromatic rings. The predicted molar refractivity (Wildman–Crippen MR) is 123 cm³/mol. The minimum absolute atomic E-state index is 0. The smallest absolute Gasteiger partial charge is 1.00 e. The van der Waals surface area contributed by atoms with Gasteiger partial charge in [0, 0.05) is 0 Å². The van der Waals surface area contributed by atoms with Crippen molar-refractivity contribution in [1.29, 1.82) is 0 Å². The number of allylic oxidation sites excluding steroid dienone is 5. The van der Waals surface area contributed by atoms with Crippen LogP contribution in [0.25, 0.3) is 22.7 Å². The van der Waals surface area contributed by atoms with Crippen LogP contribution >= 0.6 is 0 Å². The molecule has 0 saturated heterocycles. The van der Waals surface area contributed by atoms with E-state index in [4.69, 9.17) is 0 Å². The van der Waals surface area contributed by atoms with Crippen LogP contribution in [0.15, 0.2) is 69.1 Å². The molecule has 1 unspecified atom stereocenters. The number of para-hydroxylation sites is 1. The topological polar surface area (TPSA) is 4.93 Å². The van der Waals surface area contributed by atoms with Gasteiger partial charge in [0.15, 0.2) is 0 Å². The van der Waals surface area contributed by atoms with Crippen molar-refractivity contribution in [2.24, 2.45) is 0 Å². The molecule has 0 fully saturated rings. The Hall–Kier alpha value is -0.970. The summed E-state index contributed by atoms with van der Waals surface area (Å²) in [5, 5.41) is 1.49. The van der Waals surface area contributed by atoms with Gasteiger partial charge in [0.2, 0.25) is 0 Å². The first-order chi connectivity index (χ1) is 14.7. The van der Waals surface area contributed by atoms with Crippen LogP contribution in [0, 0.1) is 0 Å². The minimum Gasteiger partial charge on any atom is -1.00 e. The zero-order valence-corrected chi connectivity index (χ0v) is 25.4. The number of hydrogen-bond donors (Lipinski definition) is 0. The summed E-state index contributed by atoms with van der Waals surface area (Å²) >= 11 is -1.08. The second-order valence-electron chi connectivity index (χ2n) is 8.96. The number of nitrogens with zero attached hydrogens (tertiary/aromatic N) is 1. The van der Waals surface area contributed by atoms with Crippen molar-refractivity contribution < 1.29 is 56.9 Å². The SMILES string of the molecule is CC1=CC[C]([Hf+2][CH]2C(n3c4c(c5ccccc53)CCCC4)=Cc3ccccc32)=C1C.[Br-].[Br-]. The van der Waals surface area contributed by atoms with E-state index < -0.39 is 22.9 Å². The molecule has 0 saturated carbocycles. The summed E-state index contributed by atoms with van der Waals surface area (Å²) in [5.74, 6) is 0. The van der Waals surface area contributed by atoms with Crippen molar-refractivity contribution in [3.8, 4) is 0 Å². The van der Waals surface area contributed by atoms with E-state index in [0.29, 0.717) is 3.67 Å². The number of benzene rings is 2. The van der Waals surface area contributed by atoms with Crippen molar-refractivity contribution in [2.75, 3.05) is 0 Å². The Morgan fingerprint density at radius 2 is 1.66 bits per heavy atom. The number of rotatable bonds is 3. The third-order valence-electron chi connectivity index (χ3n) is 7.32. The second-order valence-corrected chi connectivity index (χ2v) is 14.2. The molecule has 32 heavy (non-hydrogen) atoms. The molecular formula is C28H27Br2HfN.